The van der Waals surface area contributed by atoms with Gasteiger partial charge in [0, 0.05) is 32.0 Å². The average molecular weight is 403 g/mol. The molecule has 0 unspecified atom stereocenters. The van der Waals surface area contributed by atoms with Gasteiger partial charge in [-0.15, -0.1) is 0 Å². The van der Waals surface area contributed by atoms with Crippen LogP contribution in [0, 0.1) is 0 Å². The van der Waals surface area contributed by atoms with Gasteiger partial charge in [-0.2, -0.15) is 0 Å². The quantitative estimate of drug-likeness (QED) is 0.274. The van der Waals surface area contributed by atoms with Crippen LogP contribution >= 0.6 is 11.8 Å². The maximum atomic E-state index is 7.11. The van der Waals surface area contributed by atoms with Gasteiger partial charge in [-0.1, -0.05) is 90.6 Å². The number of rotatable bonds is 0. The second-order valence-corrected chi connectivity index (χ2v) is 9.20. The van der Waals surface area contributed by atoms with Gasteiger partial charge in [0.2, 0.25) is 0 Å². The average Bonchev–Trinajstić information content (AvgIpc) is 3.18. The molecule has 1 spiro atoms. The van der Waals surface area contributed by atoms with E-state index in [0.717, 1.165) is 17.7 Å². The Kier molecular flexibility index (Phi) is 3.26. The highest BCUT2D eigenvalue weighted by atomic mass is 32.2. The Balaban J connectivity index is 1.51. The largest absolute Gasteiger partial charge is 0.472 e. The van der Waals surface area contributed by atoms with Crippen LogP contribution in [-0.4, -0.2) is 0 Å². The molecule has 142 valence electrons. The third-order valence-corrected chi connectivity index (χ3v) is 7.65. The van der Waals surface area contributed by atoms with Crippen LogP contribution < -0.4 is 4.74 Å². The second-order valence-electron chi connectivity index (χ2n) is 8.12. The molecule has 7 rings (SSSR count). The number of benzene rings is 4. The van der Waals surface area contributed by atoms with Crippen molar-refractivity contribution in [2.24, 2.45) is 0 Å². The topological polar surface area (TPSA) is 9.23 Å². The molecule has 0 bridgehead atoms. The third kappa shape index (κ3) is 2.09. The van der Waals surface area contributed by atoms with Gasteiger partial charge in [0.25, 0.3) is 0 Å². The molecule has 0 amide bonds. The fraction of sp³-hybridized carbons (Fsp3) is 0.0714. The van der Waals surface area contributed by atoms with Crippen LogP contribution in [0.25, 0.3) is 17.2 Å². The monoisotopic (exact) mass is 402 g/mol. The molecule has 0 N–H and O–H groups in total. The van der Waals surface area contributed by atoms with Crippen molar-refractivity contribution in [3.63, 3.8) is 0 Å². The van der Waals surface area contributed by atoms with Gasteiger partial charge in [0.15, 0.2) is 5.60 Å². The summed E-state index contributed by atoms with van der Waals surface area (Å²) < 4.78 is 7.11. The van der Waals surface area contributed by atoms with E-state index in [1.165, 1.54) is 43.2 Å². The normalized spacial score (nSPS) is 16.1. The molecule has 2 heteroatoms. The summed E-state index contributed by atoms with van der Waals surface area (Å²) >= 11 is 1.83. The molecule has 0 saturated carbocycles. The molecule has 0 aromatic heterocycles. The van der Waals surface area contributed by atoms with Gasteiger partial charge in [-0.25, -0.2) is 0 Å². The van der Waals surface area contributed by atoms with Crippen molar-refractivity contribution < 1.29 is 4.74 Å². The summed E-state index contributed by atoms with van der Waals surface area (Å²) in [5.74, 6) is 1.01. The van der Waals surface area contributed by atoms with Crippen LogP contribution in [0.1, 0.15) is 27.8 Å². The summed E-state index contributed by atoms with van der Waals surface area (Å²) in [5, 5.41) is 0. The molecule has 4 aromatic rings. The molecule has 1 nitrogen and oxygen atoms in total. The predicted molar refractivity (Wildman–Crippen MR) is 122 cm³/mol. The molecule has 0 saturated heterocycles. The Morgan fingerprint density at radius 3 is 2.20 bits per heavy atom. The lowest BCUT2D eigenvalue weighted by atomic mass is 9.82. The Morgan fingerprint density at radius 2 is 1.40 bits per heavy atom. The standard InChI is InChI=1S/C28H18OS/c1-2-8-21-19(7-1)17-20-14-13-18-15-16-28(29-27(18)26(20)21)22-9-3-5-11-24(22)30-25-12-6-4-10-23(25)28/h1-16H,17H2. The first-order valence-electron chi connectivity index (χ1n) is 10.3. The molecule has 3 aliphatic rings. The number of hydrogen-bond donors (Lipinski definition) is 0. The molecule has 0 fully saturated rings. The first-order valence-corrected chi connectivity index (χ1v) is 11.1. The van der Waals surface area contributed by atoms with E-state index < -0.39 is 5.60 Å². The molecule has 1 aliphatic carbocycles. The van der Waals surface area contributed by atoms with Gasteiger partial charge in [-0.3, -0.25) is 0 Å². The SMILES string of the molecule is C1=CC2(Oc3c1ccc1c3-c3ccccc3C1)c1ccccc1Sc1ccccc12. The van der Waals surface area contributed by atoms with E-state index >= 15 is 0 Å². The van der Waals surface area contributed by atoms with Crippen molar-refractivity contribution in [2.45, 2.75) is 21.8 Å². The van der Waals surface area contributed by atoms with Crippen LogP contribution in [0.4, 0.5) is 0 Å². The Morgan fingerprint density at radius 1 is 0.700 bits per heavy atom. The highest BCUT2D eigenvalue weighted by Gasteiger charge is 2.44. The fourth-order valence-corrected chi connectivity index (χ4v) is 6.32. The van der Waals surface area contributed by atoms with Gasteiger partial charge in [0.1, 0.15) is 5.75 Å². The lowest BCUT2D eigenvalue weighted by Crippen LogP contribution is -2.37. The number of ether oxygens (including phenoxy) is 1. The van der Waals surface area contributed by atoms with E-state index in [4.69, 9.17) is 4.74 Å². The van der Waals surface area contributed by atoms with Crippen molar-refractivity contribution in [3.8, 4) is 16.9 Å². The van der Waals surface area contributed by atoms with E-state index in [-0.39, 0.29) is 0 Å². The summed E-state index contributed by atoms with van der Waals surface area (Å²) in [7, 11) is 0. The number of fused-ring (bicyclic) bond motifs is 9. The molecule has 0 atom stereocenters. The molecule has 2 heterocycles. The lowest BCUT2D eigenvalue weighted by Gasteiger charge is -2.41. The summed E-state index contributed by atoms with van der Waals surface area (Å²) in [5.41, 5.74) is 8.31. The van der Waals surface area contributed by atoms with Crippen LogP contribution in [0.5, 0.6) is 5.75 Å². The van der Waals surface area contributed by atoms with Crippen molar-refractivity contribution in [1.82, 2.24) is 0 Å². The summed E-state index contributed by atoms with van der Waals surface area (Å²) in [4.78, 5) is 2.52. The number of hydrogen-bond acceptors (Lipinski definition) is 2. The van der Waals surface area contributed by atoms with Gasteiger partial charge >= 0.3 is 0 Å². The Hall–Kier alpha value is -3.23. The minimum atomic E-state index is -0.599. The summed E-state index contributed by atoms with van der Waals surface area (Å²) in [6.45, 7) is 0. The van der Waals surface area contributed by atoms with E-state index in [1.54, 1.807) is 0 Å². The van der Waals surface area contributed by atoms with E-state index in [9.17, 15) is 0 Å². The van der Waals surface area contributed by atoms with Crippen molar-refractivity contribution >= 4 is 17.8 Å². The van der Waals surface area contributed by atoms with Crippen LogP contribution in [0.2, 0.25) is 0 Å². The first-order chi connectivity index (χ1) is 14.8. The Bertz CT molecular complexity index is 1340. The molecule has 4 aromatic carbocycles. The summed E-state index contributed by atoms with van der Waals surface area (Å²) in [6.07, 6.45) is 5.48. The highest BCUT2D eigenvalue weighted by Crippen LogP contribution is 2.55. The van der Waals surface area contributed by atoms with E-state index in [1.807, 2.05) is 11.8 Å². The zero-order valence-electron chi connectivity index (χ0n) is 16.3. The zero-order valence-corrected chi connectivity index (χ0v) is 17.1. The van der Waals surface area contributed by atoms with Crippen molar-refractivity contribution in [1.29, 1.82) is 0 Å². The minimum absolute atomic E-state index is 0.599. The van der Waals surface area contributed by atoms with Crippen LogP contribution in [0.15, 0.2) is 101 Å². The molecular formula is C28H18OS. The molecule has 30 heavy (non-hydrogen) atoms. The Labute approximate surface area is 180 Å². The third-order valence-electron chi connectivity index (χ3n) is 6.50. The lowest BCUT2D eigenvalue weighted by molar-refractivity contribution is 0.154. The van der Waals surface area contributed by atoms with E-state index in [2.05, 4.69) is 97.1 Å². The zero-order chi connectivity index (χ0) is 19.7. The van der Waals surface area contributed by atoms with Crippen molar-refractivity contribution in [2.75, 3.05) is 0 Å². The maximum Gasteiger partial charge on any atom is 0.180 e. The molecule has 0 radical (unpaired) electrons. The van der Waals surface area contributed by atoms with Crippen molar-refractivity contribution in [3.05, 3.63) is 119 Å². The van der Waals surface area contributed by atoms with Crippen LogP contribution in [-0.2, 0) is 12.0 Å². The fourth-order valence-electron chi connectivity index (χ4n) is 5.13. The summed E-state index contributed by atoms with van der Waals surface area (Å²) in [6, 6.07) is 30.5. The van der Waals surface area contributed by atoms with Crippen LogP contribution in [0.3, 0.4) is 0 Å². The highest BCUT2D eigenvalue weighted by molar-refractivity contribution is 7.99. The molecule has 2 aliphatic heterocycles. The predicted octanol–water partition coefficient (Wildman–Crippen LogP) is 7.07. The van der Waals surface area contributed by atoms with Gasteiger partial charge in [0.05, 0.1) is 0 Å². The maximum absolute atomic E-state index is 7.11. The second kappa shape index (κ2) is 5.90. The smallest absolute Gasteiger partial charge is 0.180 e. The first kappa shape index (κ1) is 16.6. The minimum Gasteiger partial charge on any atom is -0.472 e. The van der Waals surface area contributed by atoms with Gasteiger partial charge in [-0.05, 0) is 41.3 Å². The van der Waals surface area contributed by atoms with E-state index in [0.29, 0.717) is 0 Å². The van der Waals surface area contributed by atoms with Gasteiger partial charge < -0.3 is 4.74 Å². The molecular weight excluding hydrogens is 384 g/mol.